The van der Waals surface area contributed by atoms with Crippen molar-refractivity contribution in [1.82, 2.24) is 19.9 Å². The van der Waals surface area contributed by atoms with E-state index >= 15 is 0 Å². The number of hydrogen-bond acceptors (Lipinski definition) is 4. The Morgan fingerprint density at radius 1 is 1.05 bits per heavy atom. The van der Waals surface area contributed by atoms with Gasteiger partial charge in [0, 0.05) is 17.9 Å². The number of aromatic nitrogens is 3. The minimum Gasteiger partial charge on any atom is -0.293 e. The second-order valence-corrected chi connectivity index (χ2v) is 5.08. The van der Waals surface area contributed by atoms with Crippen molar-refractivity contribution in [2.45, 2.75) is 26.9 Å². The van der Waals surface area contributed by atoms with Gasteiger partial charge in [0.1, 0.15) is 11.0 Å². The maximum absolute atomic E-state index is 5.93. The average molecular weight is 277 g/mol. The van der Waals surface area contributed by atoms with E-state index in [2.05, 4.69) is 19.9 Å². The molecule has 0 atom stereocenters. The van der Waals surface area contributed by atoms with Gasteiger partial charge in [0.25, 0.3) is 0 Å². The lowest BCUT2D eigenvalue weighted by atomic mass is 10.3. The zero-order valence-electron chi connectivity index (χ0n) is 11.4. The normalized spacial score (nSPS) is 11.0. The number of nitrogens with zero attached hydrogens (tertiary/aromatic N) is 4. The lowest BCUT2D eigenvalue weighted by Gasteiger charge is -2.15. The van der Waals surface area contributed by atoms with Crippen LogP contribution in [0.25, 0.3) is 0 Å². The lowest BCUT2D eigenvalue weighted by Crippen LogP contribution is -2.20. The molecule has 0 spiro atoms. The van der Waals surface area contributed by atoms with Crippen molar-refractivity contribution in [2.75, 3.05) is 7.05 Å². The van der Waals surface area contributed by atoms with Gasteiger partial charge in [0.2, 0.25) is 0 Å². The van der Waals surface area contributed by atoms with E-state index in [1.165, 1.54) is 0 Å². The molecule has 0 aliphatic carbocycles. The molecule has 0 aliphatic heterocycles. The van der Waals surface area contributed by atoms with Gasteiger partial charge in [-0.1, -0.05) is 17.7 Å². The molecule has 0 unspecified atom stereocenters. The highest BCUT2D eigenvalue weighted by atomic mass is 35.5. The maximum Gasteiger partial charge on any atom is 0.144 e. The Morgan fingerprint density at radius 2 is 1.84 bits per heavy atom. The van der Waals surface area contributed by atoms with Crippen molar-refractivity contribution in [2.24, 2.45) is 0 Å². The van der Waals surface area contributed by atoms with Crippen LogP contribution in [-0.2, 0) is 13.1 Å². The van der Waals surface area contributed by atoms with Crippen molar-refractivity contribution in [3.05, 3.63) is 52.3 Å². The summed E-state index contributed by atoms with van der Waals surface area (Å²) in [6.45, 7) is 5.32. The molecule has 19 heavy (non-hydrogen) atoms. The second-order valence-electron chi connectivity index (χ2n) is 4.69. The molecule has 5 heteroatoms. The predicted molar refractivity (Wildman–Crippen MR) is 75.9 cm³/mol. The molecule has 2 aromatic rings. The fourth-order valence-electron chi connectivity index (χ4n) is 1.92. The Kier molecular flexibility index (Phi) is 4.45. The van der Waals surface area contributed by atoms with Crippen LogP contribution in [0.4, 0.5) is 0 Å². The van der Waals surface area contributed by atoms with Gasteiger partial charge in [-0.3, -0.25) is 9.88 Å². The second kappa shape index (κ2) is 6.08. The first-order valence-corrected chi connectivity index (χ1v) is 6.52. The van der Waals surface area contributed by atoms with Gasteiger partial charge in [0.05, 0.1) is 12.2 Å². The van der Waals surface area contributed by atoms with Gasteiger partial charge in [0.15, 0.2) is 0 Å². The Bertz CT molecular complexity index is 551. The summed E-state index contributed by atoms with van der Waals surface area (Å²) in [6, 6.07) is 7.79. The summed E-state index contributed by atoms with van der Waals surface area (Å²) >= 11 is 5.93. The van der Waals surface area contributed by atoms with Gasteiger partial charge >= 0.3 is 0 Å². The number of aryl methyl sites for hydroxylation is 2. The third-order valence-corrected chi connectivity index (χ3v) is 2.85. The molecule has 4 nitrogen and oxygen atoms in total. The minimum atomic E-state index is 0.490. The van der Waals surface area contributed by atoms with Crippen LogP contribution >= 0.6 is 11.6 Å². The molecule has 0 amide bonds. The van der Waals surface area contributed by atoms with Crippen LogP contribution in [0.3, 0.4) is 0 Å². The number of pyridine rings is 1. The number of halogens is 1. The number of rotatable bonds is 4. The minimum absolute atomic E-state index is 0.490. The summed E-state index contributed by atoms with van der Waals surface area (Å²) in [7, 11) is 2.02. The van der Waals surface area contributed by atoms with Crippen molar-refractivity contribution in [3.8, 4) is 0 Å². The van der Waals surface area contributed by atoms with E-state index in [1.807, 2.05) is 39.1 Å². The lowest BCUT2D eigenvalue weighted by molar-refractivity contribution is 0.306. The van der Waals surface area contributed by atoms with E-state index in [1.54, 1.807) is 6.07 Å². The largest absolute Gasteiger partial charge is 0.293 e. The Morgan fingerprint density at radius 3 is 2.53 bits per heavy atom. The van der Waals surface area contributed by atoms with Crippen molar-refractivity contribution >= 4 is 11.6 Å². The molecule has 2 aromatic heterocycles. The molecule has 0 saturated heterocycles. The molecule has 0 saturated carbocycles. The smallest absolute Gasteiger partial charge is 0.144 e. The molecule has 0 N–H and O–H groups in total. The van der Waals surface area contributed by atoms with Crippen LogP contribution in [0.2, 0.25) is 5.15 Å². The van der Waals surface area contributed by atoms with Crippen LogP contribution in [0.1, 0.15) is 22.9 Å². The standard InChI is InChI=1S/C14H17ClN4/c1-10-5-4-6-12(16-10)8-19(3)9-14-17-11(2)7-13(15)18-14/h4-7H,8-9H2,1-3H3. The Labute approximate surface area is 118 Å². The zero-order chi connectivity index (χ0) is 13.8. The van der Waals surface area contributed by atoms with E-state index in [9.17, 15) is 0 Å². The zero-order valence-corrected chi connectivity index (χ0v) is 12.1. The van der Waals surface area contributed by atoms with Crippen LogP contribution < -0.4 is 0 Å². The van der Waals surface area contributed by atoms with Crippen LogP contribution in [0.5, 0.6) is 0 Å². The fraction of sp³-hybridized carbons (Fsp3) is 0.357. The van der Waals surface area contributed by atoms with Crippen LogP contribution in [0, 0.1) is 13.8 Å². The molecule has 0 fully saturated rings. The summed E-state index contributed by atoms with van der Waals surface area (Å²) in [5.41, 5.74) is 2.96. The highest BCUT2D eigenvalue weighted by Crippen LogP contribution is 2.09. The summed E-state index contributed by atoms with van der Waals surface area (Å²) in [5.74, 6) is 0.736. The first kappa shape index (κ1) is 13.9. The molecule has 2 rings (SSSR count). The molecule has 0 aromatic carbocycles. The average Bonchev–Trinajstić information content (AvgIpc) is 2.26. The quantitative estimate of drug-likeness (QED) is 0.806. The summed E-state index contributed by atoms with van der Waals surface area (Å²) in [4.78, 5) is 15.2. The highest BCUT2D eigenvalue weighted by molar-refractivity contribution is 6.29. The molecule has 0 aliphatic rings. The summed E-state index contributed by atoms with van der Waals surface area (Å²) in [5, 5.41) is 0.490. The van der Waals surface area contributed by atoms with Gasteiger partial charge in [-0.2, -0.15) is 0 Å². The maximum atomic E-state index is 5.93. The number of hydrogen-bond donors (Lipinski definition) is 0. The van der Waals surface area contributed by atoms with Crippen LogP contribution in [0.15, 0.2) is 24.3 Å². The first-order chi connectivity index (χ1) is 9.02. The van der Waals surface area contributed by atoms with E-state index in [-0.39, 0.29) is 0 Å². The van der Waals surface area contributed by atoms with Crippen molar-refractivity contribution < 1.29 is 0 Å². The van der Waals surface area contributed by atoms with Gasteiger partial charge in [-0.25, -0.2) is 9.97 Å². The summed E-state index contributed by atoms with van der Waals surface area (Å²) in [6.07, 6.45) is 0. The van der Waals surface area contributed by atoms with Crippen LogP contribution in [-0.4, -0.2) is 26.9 Å². The molecule has 2 heterocycles. The molecular weight excluding hydrogens is 260 g/mol. The molecular formula is C14H17ClN4. The molecule has 100 valence electrons. The topological polar surface area (TPSA) is 41.9 Å². The molecule has 0 bridgehead atoms. The third kappa shape index (κ3) is 4.26. The molecule has 0 radical (unpaired) electrons. The first-order valence-electron chi connectivity index (χ1n) is 6.14. The SMILES string of the molecule is Cc1cccc(CN(C)Cc2nc(C)cc(Cl)n2)n1. The predicted octanol–water partition coefficient (Wildman–Crippen LogP) is 2.77. The highest BCUT2D eigenvalue weighted by Gasteiger charge is 2.06. The van der Waals surface area contributed by atoms with Crippen molar-refractivity contribution in [1.29, 1.82) is 0 Å². The fourth-order valence-corrected chi connectivity index (χ4v) is 2.18. The van der Waals surface area contributed by atoms with Gasteiger partial charge < -0.3 is 0 Å². The van der Waals surface area contributed by atoms with Crippen molar-refractivity contribution in [3.63, 3.8) is 0 Å². The van der Waals surface area contributed by atoms with E-state index in [4.69, 9.17) is 11.6 Å². The van der Waals surface area contributed by atoms with E-state index in [0.29, 0.717) is 11.7 Å². The monoisotopic (exact) mass is 276 g/mol. The van der Waals surface area contributed by atoms with Gasteiger partial charge in [-0.15, -0.1) is 0 Å². The Balaban J connectivity index is 2.03. The summed E-state index contributed by atoms with van der Waals surface area (Å²) < 4.78 is 0. The Hall–Kier alpha value is -1.52. The van der Waals surface area contributed by atoms with Gasteiger partial charge in [-0.05, 0) is 39.1 Å². The van der Waals surface area contributed by atoms with E-state index in [0.717, 1.165) is 29.5 Å². The third-order valence-electron chi connectivity index (χ3n) is 2.66. The van der Waals surface area contributed by atoms with E-state index < -0.39 is 0 Å².